The molecule has 0 bridgehead atoms. The molecule has 84 valence electrons. The molecular weight excluding hydrogens is 208 g/mol. The van der Waals surface area contributed by atoms with Crippen molar-refractivity contribution in [3.05, 3.63) is 30.5 Å². The lowest BCUT2D eigenvalue weighted by atomic mass is 10.3. The molecule has 1 N–H and O–H groups in total. The number of carboxylic acids is 1. The Bertz CT molecular complexity index is 474. The molecule has 0 fully saturated rings. The van der Waals surface area contributed by atoms with Gasteiger partial charge in [0.05, 0.1) is 5.52 Å². The highest BCUT2D eigenvalue weighted by Crippen LogP contribution is 2.15. The first-order valence-electron chi connectivity index (χ1n) is 5.04. The average molecular weight is 220 g/mol. The van der Waals surface area contributed by atoms with E-state index in [1.807, 2.05) is 18.2 Å². The van der Waals surface area contributed by atoms with Crippen LogP contribution in [0.15, 0.2) is 30.5 Å². The Morgan fingerprint density at radius 3 is 3.06 bits per heavy atom. The van der Waals surface area contributed by atoms with Gasteiger partial charge in [-0.15, -0.1) is 5.10 Å². The molecule has 0 aromatic carbocycles. The van der Waals surface area contributed by atoms with E-state index in [0.717, 1.165) is 5.52 Å². The fourth-order valence-corrected chi connectivity index (χ4v) is 1.43. The standard InChI is InChI=1S/C11H12N2O3/c1-2-9(11(14)15)16-10-7-8-5-3-4-6-13(8)12-10/h3-7,9H,2H2,1H3,(H,14,15)/t9-/m0/s1. The van der Waals surface area contributed by atoms with Crippen molar-refractivity contribution in [3.8, 4) is 5.88 Å². The lowest BCUT2D eigenvalue weighted by Crippen LogP contribution is -2.26. The predicted molar refractivity (Wildman–Crippen MR) is 57.5 cm³/mol. The van der Waals surface area contributed by atoms with Crippen LogP contribution in [0.3, 0.4) is 0 Å². The summed E-state index contributed by atoms with van der Waals surface area (Å²) in [5.74, 6) is -0.639. The highest BCUT2D eigenvalue weighted by atomic mass is 16.5. The molecule has 5 nitrogen and oxygen atoms in total. The summed E-state index contributed by atoms with van der Waals surface area (Å²) in [4.78, 5) is 10.8. The van der Waals surface area contributed by atoms with Crippen molar-refractivity contribution in [3.63, 3.8) is 0 Å². The summed E-state index contributed by atoms with van der Waals surface area (Å²) in [6.07, 6.45) is 1.34. The molecule has 2 heterocycles. The first kappa shape index (κ1) is 10.5. The number of hydrogen-bond acceptors (Lipinski definition) is 3. The van der Waals surface area contributed by atoms with E-state index in [0.29, 0.717) is 12.3 Å². The Labute approximate surface area is 92.3 Å². The number of ether oxygens (including phenoxy) is 1. The van der Waals surface area contributed by atoms with Gasteiger partial charge >= 0.3 is 5.97 Å². The van der Waals surface area contributed by atoms with Crippen LogP contribution in [-0.4, -0.2) is 26.8 Å². The number of carbonyl (C=O) groups is 1. The maximum atomic E-state index is 10.8. The number of fused-ring (bicyclic) bond motifs is 1. The zero-order chi connectivity index (χ0) is 11.5. The summed E-state index contributed by atoms with van der Waals surface area (Å²) in [6, 6.07) is 7.32. The largest absolute Gasteiger partial charge is 0.479 e. The van der Waals surface area contributed by atoms with Crippen molar-refractivity contribution < 1.29 is 14.6 Å². The van der Waals surface area contributed by atoms with E-state index in [2.05, 4.69) is 5.10 Å². The average Bonchev–Trinajstić information content (AvgIpc) is 2.67. The van der Waals surface area contributed by atoms with Gasteiger partial charge in [0, 0.05) is 12.3 Å². The van der Waals surface area contributed by atoms with Crippen LogP contribution in [-0.2, 0) is 4.79 Å². The minimum Gasteiger partial charge on any atom is -0.479 e. The quantitative estimate of drug-likeness (QED) is 0.849. The number of nitrogens with zero attached hydrogens (tertiary/aromatic N) is 2. The highest BCUT2D eigenvalue weighted by Gasteiger charge is 2.18. The van der Waals surface area contributed by atoms with E-state index in [1.54, 1.807) is 23.7 Å². The van der Waals surface area contributed by atoms with Crippen LogP contribution in [0.25, 0.3) is 5.52 Å². The topological polar surface area (TPSA) is 63.8 Å². The van der Waals surface area contributed by atoms with Gasteiger partial charge in [-0.1, -0.05) is 13.0 Å². The number of pyridine rings is 1. The molecule has 2 aromatic rings. The van der Waals surface area contributed by atoms with Crippen LogP contribution in [0, 0.1) is 0 Å². The Kier molecular flexibility index (Phi) is 2.76. The van der Waals surface area contributed by atoms with Crippen LogP contribution >= 0.6 is 0 Å². The van der Waals surface area contributed by atoms with Gasteiger partial charge in [0.15, 0.2) is 6.10 Å². The van der Waals surface area contributed by atoms with E-state index in [-0.39, 0.29) is 0 Å². The minimum atomic E-state index is -0.973. The molecule has 0 aliphatic carbocycles. The summed E-state index contributed by atoms with van der Waals surface area (Å²) in [7, 11) is 0. The molecule has 2 rings (SSSR count). The second kappa shape index (κ2) is 4.22. The normalized spacial score (nSPS) is 12.6. The number of aromatic nitrogens is 2. The van der Waals surface area contributed by atoms with Crippen molar-refractivity contribution in [1.29, 1.82) is 0 Å². The second-order valence-corrected chi connectivity index (χ2v) is 3.41. The summed E-state index contributed by atoms with van der Waals surface area (Å²) >= 11 is 0. The van der Waals surface area contributed by atoms with Gasteiger partial charge in [-0.05, 0) is 18.6 Å². The fraction of sp³-hybridized carbons (Fsp3) is 0.273. The summed E-state index contributed by atoms with van der Waals surface area (Å²) in [5, 5.41) is 13.0. The summed E-state index contributed by atoms with van der Waals surface area (Å²) < 4.78 is 6.92. The van der Waals surface area contributed by atoms with Crippen molar-refractivity contribution >= 4 is 11.5 Å². The van der Waals surface area contributed by atoms with Crippen molar-refractivity contribution in [2.24, 2.45) is 0 Å². The van der Waals surface area contributed by atoms with Crippen molar-refractivity contribution in [1.82, 2.24) is 9.61 Å². The van der Waals surface area contributed by atoms with Gasteiger partial charge in [0.25, 0.3) is 0 Å². The lowest BCUT2D eigenvalue weighted by Gasteiger charge is -2.09. The number of aliphatic carboxylic acids is 1. The molecule has 0 amide bonds. The summed E-state index contributed by atoms with van der Waals surface area (Å²) in [6.45, 7) is 1.76. The Balaban J connectivity index is 2.24. The molecule has 0 aliphatic heterocycles. The van der Waals surface area contributed by atoms with Crippen molar-refractivity contribution in [2.45, 2.75) is 19.4 Å². The Morgan fingerprint density at radius 1 is 1.62 bits per heavy atom. The molecule has 0 saturated carbocycles. The molecule has 0 radical (unpaired) electrons. The van der Waals surface area contributed by atoms with E-state index in [4.69, 9.17) is 9.84 Å². The number of carboxylic acid groups (broad SMARTS) is 1. The Morgan fingerprint density at radius 2 is 2.44 bits per heavy atom. The van der Waals surface area contributed by atoms with Crippen LogP contribution < -0.4 is 4.74 Å². The zero-order valence-electron chi connectivity index (χ0n) is 8.83. The lowest BCUT2D eigenvalue weighted by molar-refractivity contribution is -0.145. The second-order valence-electron chi connectivity index (χ2n) is 3.41. The van der Waals surface area contributed by atoms with Gasteiger partial charge in [-0.25, -0.2) is 9.31 Å². The zero-order valence-corrected chi connectivity index (χ0v) is 8.83. The van der Waals surface area contributed by atoms with Crippen LogP contribution in [0.5, 0.6) is 5.88 Å². The molecule has 0 saturated heterocycles. The third-order valence-corrected chi connectivity index (χ3v) is 2.26. The van der Waals surface area contributed by atoms with Gasteiger partial charge in [-0.3, -0.25) is 0 Å². The molecule has 0 unspecified atom stereocenters. The molecule has 2 aromatic heterocycles. The molecular formula is C11H12N2O3. The molecule has 0 aliphatic rings. The van der Waals surface area contributed by atoms with Crippen molar-refractivity contribution in [2.75, 3.05) is 0 Å². The van der Waals surface area contributed by atoms with Gasteiger partial charge in [0.2, 0.25) is 5.88 Å². The third kappa shape index (κ3) is 1.98. The molecule has 5 heteroatoms. The van der Waals surface area contributed by atoms with Crippen LogP contribution in [0.1, 0.15) is 13.3 Å². The predicted octanol–water partition coefficient (Wildman–Crippen LogP) is 1.58. The SMILES string of the molecule is CC[C@H](Oc1cc2ccccn2n1)C(=O)O. The van der Waals surface area contributed by atoms with Gasteiger partial charge in [0.1, 0.15) is 0 Å². The molecule has 0 spiro atoms. The maximum absolute atomic E-state index is 10.8. The Hall–Kier alpha value is -2.04. The summed E-state index contributed by atoms with van der Waals surface area (Å²) in [5.41, 5.74) is 0.873. The van der Waals surface area contributed by atoms with Gasteiger partial charge in [-0.2, -0.15) is 0 Å². The molecule has 1 atom stereocenters. The number of rotatable bonds is 4. The maximum Gasteiger partial charge on any atom is 0.344 e. The van der Waals surface area contributed by atoms with Crippen LogP contribution in [0.2, 0.25) is 0 Å². The van der Waals surface area contributed by atoms with E-state index in [1.165, 1.54) is 0 Å². The van der Waals surface area contributed by atoms with E-state index in [9.17, 15) is 4.79 Å². The van der Waals surface area contributed by atoms with E-state index < -0.39 is 12.1 Å². The highest BCUT2D eigenvalue weighted by molar-refractivity contribution is 5.72. The minimum absolute atomic E-state index is 0.334. The first-order valence-corrected chi connectivity index (χ1v) is 5.04. The first-order chi connectivity index (χ1) is 7.70. The number of hydrogen-bond donors (Lipinski definition) is 1. The fourth-order valence-electron chi connectivity index (χ4n) is 1.43. The monoisotopic (exact) mass is 220 g/mol. The van der Waals surface area contributed by atoms with Crippen LogP contribution in [0.4, 0.5) is 0 Å². The smallest absolute Gasteiger partial charge is 0.344 e. The van der Waals surface area contributed by atoms with E-state index >= 15 is 0 Å². The van der Waals surface area contributed by atoms with Gasteiger partial charge < -0.3 is 9.84 Å². The third-order valence-electron chi connectivity index (χ3n) is 2.26. The molecule has 16 heavy (non-hydrogen) atoms.